The molecular weight excluding hydrogens is 178 g/mol. The topological polar surface area (TPSA) is 48.1 Å². The summed E-state index contributed by atoms with van der Waals surface area (Å²) in [5, 5.41) is 0. The highest BCUT2D eigenvalue weighted by Crippen LogP contribution is 2.34. The Hall–Kier alpha value is -1.39. The zero-order chi connectivity index (χ0) is 10.0. The maximum Gasteiger partial charge on any atom is 0.268 e. The van der Waals surface area contributed by atoms with Gasteiger partial charge in [0.15, 0.2) is 5.75 Å². The molecular formula is C8H10F2N2O. The number of rotatable bonds is 2. The van der Waals surface area contributed by atoms with Gasteiger partial charge in [-0.1, -0.05) is 0 Å². The molecule has 13 heavy (non-hydrogen) atoms. The fourth-order valence-electron chi connectivity index (χ4n) is 0.998. The lowest BCUT2D eigenvalue weighted by Gasteiger charge is -2.11. The van der Waals surface area contributed by atoms with Crippen LogP contribution in [0.2, 0.25) is 0 Å². The molecule has 1 heterocycles. The Morgan fingerprint density at radius 2 is 2.15 bits per heavy atom. The maximum absolute atomic E-state index is 12.4. The highest BCUT2D eigenvalue weighted by atomic mass is 19.3. The van der Waals surface area contributed by atoms with Crippen LogP contribution in [-0.2, 0) is 0 Å². The van der Waals surface area contributed by atoms with Crippen molar-refractivity contribution in [3.63, 3.8) is 0 Å². The number of aryl methyl sites for hydroxylation is 1. The van der Waals surface area contributed by atoms with Crippen LogP contribution in [0, 0.1) is 6.92 Å². The average Bonchev–Trinajstić information content (AvgIpc) is 2.09. The molecule has 0 aliphatic rings. The van der Waals surface area contributed by atoms with Crippen LogP contribution >= 0.6 is 0 Å². The zero-order valence-electron chi connectivity index (χ0n) is 7.34. The second kappa shape index (κ2) is 3.55. The summed E-state index contributed by atoms with van der Waals surface area (Å²) >= 11 is 0. The van der Waals surface area contributed by atoms with E-state index >= 15 is 0 Å². The number of ether oxygens (including phenoxy) is 1. The van der Waals surface area contributed by atoms with Gasteiger partial charge in [0.25, 0.3) is 6.43 Å². The molecule has 0 unspecified atom stereocenters. The Balaban J connectivity index is 3.30. The van der Waals surface area contributed by atoms with Crippen molar-refractivity contribution in [1.29, 1.82) is 0 Å². The second-order valence-corrected chi connectivity index (χ2v) is 2.55. The molecule has 5 heteroatoms. The lowest BCUT2D eigenvalue weighted by Crippen LogP contribution is -2.02. The summed E-state index contributed by atoms with van der Waals surface area (Å²) < 4.78 is 29.5. The molecule has 0 aliphatic carbocycles. The van der Waals surface area contributed by atoms with E-state index in [1.54, 1.807) is 6.92 Å². The van der Waals surface area contributed by atoms with E-state index in [2.05, 4.69) is 4.98 Å². The lowest BCUT2D eigenvalue weighted by atomic mass is 10.2. The van der Waals surface area contributed by atoms with E-state index in [4.69, 9.17) is 10.5 Å². The van der Waals surface area contributed by atoms with Gasteiger partial charge in [-0.25, -0.2) is 8.78 Å². The van der Waals surface area contributed by atoms with Crippen molar-refractivity contribution in [1.82, 2.24) is 4.98 Å². The minimum absolute atomic E-state index is 0.0162. The van der Waals surface area contributed by atoms with Gasteiger partial charge >= 0.3 is 0 Å². The molecule has 1 aromatic heterocycles. The number of alkyl halides is 2. The first-order valence-electron chi connectivity index (χ1n) is 3.65. The normalized spacial score (nSPS) is 10.5. The Morgan fingerprint density at radius 1 is 1.54 bits per heavy atom. The van der Waals surface area contributed by atoms with Crippen LogP contribution in [0.15, 0.2) is 6.20 Å². The third-order valence-corrected chi connectivity index (χ3v) is 1.73. The highest BCUT2D eigenvalue weighted by molar-refractivity contribution is 5.59. The van der Waals surface area contributed by atoms with Crippen LogP contribution in [-0.4, -0.2) is 12.1 Å². The number of methoxy groups -OCH3 is 1. The van der Waals surface area contributed by atoms with Gasteiger partial charge in [0.1, 0.15) is 0 Å². The molecule has 1 rings (SSSR count). The number of hydrogen-bond acceptors (Lipinski definition) is 3. The third-order valence-electron chi connectivity index (χ3n) is 1.73. The Kier molecular flexibility index (Phi) is 2.65. The lowest BCUT2D eigenvalue weighted by molar-refractivity contribution is 0.146. The van der Waals surface area contributed by atoms with Gasteiger partial charge < -0.3 is 10.5 Å². The number of halogens is 2. The summed E-state index contributed by atoms with van der Waals surface area (Å²) in [6.45, 7) is 1.63. The third kappa shape index (κ3) is 1.68. The predicted octanol–water partition coefficient (Wildman–Crippen LogP) is 1.92. The molecule has 2 N–H and O–H groups in total. The summed E-state index contributed by atoms with van der Waals surface area (Å²) in [6.07, 6.45) is -1.54. The summed E-state index contributed by atoms with van der Waals surface area (Å²) in [4.78, 5) is 3.72. The SMILES string of the molecule is COc1c(C(F)F)cnc(C)c1N. The van der Waals surface area contributed by atoms with Gasteiger partial charge in [0, 0.05) is 6.20 Å². The van der Waals surface area contributed by atoms with Crippen molar-refractivity contribution in [2.75, 3.05) is 12.8 Å². The zero-order valence-corrected chi connectivity index (χ0v) is 7.34. The monoisotopic (exact) mass is 188 g/mol. The van der Waals surface area contributed by atoms with E-state index in [0.717, 1.165) is 6.20 Å². The summed E-state index contributed by atoms with van der Waals surface area (Å²) in [7, 11) is 1.30. The Bertz CT molecular complexity index is 315. The first kappa shape index (κ1) is 9.70. The molecule has 0 bridgehead atoms. The number of nitrogens with zero attached hydrogens (tertiary/aromatic N) is 1. The molecule has 0 spiro atoms. The fourth-order valence-corrected chi connectivity index (χ4v) is 0.998. The number of nitrogens with two attached hydrogens (primary N) is 1. The first-order valence-corrected chi connectivity index (χ1v) is 3.65. The van der Waals surface area contributed by atoms with Crippen LogP contribution in [0.5, 0.6) is 5.75 Å². The Labute approximate surface area is 74.5 Å². The first-order chi connectivity index (χ1) is 6.07. The van der Waals surface area contributed by atoms with Crippen LogP contribution in [0.1, 0.15) is 17.7 Å². The quantitative estimate of drug-likeness (QED) is 0.771. The summed E-state index contributed by atoms with van der Waals surface area (Å²) in [5.41, 5.74) is 5.89. The minimum Gasteiger partial charge on any atom is -0.494 e. The van der Waals surface area contributed by atoms with E-state index in [1.165, 1.54) is 7.11 Å². The van der Waals surface area contributed by atoms with E-state index in [1.807, 2.05) is 0 Å². The molecule has 1 aromatic rings. The van der Waals surface area contributed by atoms with Gasteiger partial charge in [0.05, 0.1) is 24.1 Å². The number of nitrogen functional groups attached to an aromatic ring is 1. The molecule has 0 atom stereocenters. The van der Waals surface area contributed by atoms with Crippen molar-refractivity contribution < 1.29 is 13.5 Å². The number of hydrogen-bond donors (Lipinski definition) is 1. The van der Waals surface area contributed by atoms with E-state index in [-0.39, 0.29) is 17.0 Å². The summed E-state index contributed by atoms with van der Waals surface area (Å²) in [5.74, 6) is 0.0162. The van der Waals surface area contributed by atoms with Gasteiger partial charge in [0.2, 0.25) is 0 Å². The molecule has 0 amide bonds. The molecule has 0 fully saturated rings. The van der Waals surface area contributed by atoms with Gasteiger partial charge in [-0.2, -0.15) is 0 Å². The maximum atomic E-state index is 12.4. The minimum atomic E-state index is -2.62. The van der Waals surface area contributed by atoms with Crippen LogP contribution in [0.4, 0.5) is 14.5 Å². The number of pyridine rings is 1. The van der Waals surface area contributed by atoms with Gasteiger partial charge in [-0.15, -0.1) is 0 Å². The molecule has 3 nitrogen and oxygen atoms in total. The highest BCUT2D eigenvalue weighted by Gasteiger charge is 2.17. The van der Waals surface area contributed by atoms with Gasteiger partial charge in [-0.05, 0) is 6.92 Å². The van der Waals surface area contributed by atoms with E-state index < -0.39 is 6.43 Å². The molecule has 0 saturated heterocycles. The van der Waals surface area contributed by atoms with Crippen LogP contribution in [0.25, 0.3) is 0 Å². The van der Waals surface area contributed by atoms with Crippen molar-refractivity contribution >= 4 is 5.69 Å². The van der Waals surface area contributed by atoms with Crippen LogP contribution in [0.3, 0.4) is 0 Å². The Morgan fingerprint density at radius 3 is 2.62 bits per heavy atom. The predicted molar refractivity (Wildman–Crippen MR) is 44.9 cm³/mol. The number of anilines is 1. The largest absolute Gasteiger partial charge is 0.494 e. The smallest absolute Gasteiger partial charge is 0.268 e. The van der Waals surface area contributed by atoms with Crippen molar-refractivity contribution in [2.45, 2.75) is 13.3 Å². The van der Waals surface area contributed by atoms with E-state index in [9.17, 15) is 8.78 Å². The second-order valence-electron chi connectivity index (χ2n) is 2.55. The standard InChI is InChI=1S/C8H10F2N2O/c1-4-6(11)7(13-2)5(3-12-4)8(9)10/h3,8H,11H2,1-2H3. The molecule has 72 valence electrons. The van der Waals surface area contributed by atoms with Crippen LogP contribution < -0.4 is 10.5 Å². The van der Waals surface area contributed by atoms with E-state index in [0.29, 0.717) is 5.69 Å². The average molecular weight is 188 g/mol. The molecule has 0 aromatic carbocycles. The molecule has 0 aliphatic heterocycles. The summed E-state index contributed by atoms with van der Waals surface area (Å²) in [6, 6.07) is 0. The van der Waals surface area contributed by atoms with Gasteiger partial charge in [-0.3, -0.25) is 4.98 Å². The molecule has 0 radical (unpaired) electrons. The number of aromatic nitrogens is 1. The van der Waals surface area contributed by atoms with Crippen molar-refractivity contribution in [3.8, 4) is 5.75 Å². The fraction of sp³-hybridized carbons (Fsp3) is 0.375. The van der Waals surface area contributed by atoms with Crippen molar-refractivity contribution in [2.24, 2.45) is 0 Å². The van der Waals surface area contributed by atoms with Crippen molar-refractivity contribution in [3.05, 3.63) is 17.5 Å². The molecule has 0 saturated carbocycles.